The van der Waals surface area contributed by atoms with Crippen LogP contribution in [0, 0.1) is 6.92 Å². The Labute approximate surface area is 137 Å². The maximum Gasteiger partial charge on any atom is 0.256 e. The second-order valence-corrected chi connectivity index (χ2v) is 6.64. The van der Waals surface area contributed by atoms with Gasteiger partial charge in [0.2, 0.25) is 0 Å². The van der Waals surface area contributed by atoms with Crippen LogP contribution in [0.15, 0.2) is 29.1 Å². The number of nitrogens with zero attached hydrogens (tertiary/aromatic N) is 1. The molecule has 0 bridgehead atoms. The molecule has 3 rings (SSSR count). The highest BCUT2D eigenvalue weighted by atomic mass is 16.2. The molecule has 23 heavy (non-hydrogen) atoms. The monoisotopic (exact) mass is 314 g/mol. The van der Waals surface area contributed by atoms with Crippen molar-refractivity contribution in [2.45, 2.75) is 38.5 Å². The van der Waals surface area contributed by atoms with Crippen LogP contribution in [0.3, 0.4) is 0 Å². The predicted octanol–water partition coefficient (Wildman–Crippen LogP) is 2.79. The van der Waals surface area contributed by atoms with Crippen LogP contribution in [-0.4, -0.2) is 41.2 Å². The summed E-state index contributed by atoms with van der Waals surface area (Å²) in [5, 5.41) is 10.7. The molecule has 1 aliphatic rings. The van der Waals surface area contributed by atoms with Crippen molar-refractivity contribution in [3.05, 3.63) is 45.9 Å². The number of H-pyrrole nitrogens is 1. The lowest BCUT2D eigenvalue weighted by molar-refractivity contribution is 0.198. The number of nitrogens with one attached hydrogen (secondary N) is 1. The summed E-state index contributed by atoms with van der Waals surface area (Å²) in [4.78, 5) is 17.9. The third kappa shape index (κ3) is 3.65. The van der Waals surface area contributed by atoms with Crippen LogP contribution < -0.4 is 5.56 Å². The Morgan fingerprint density at radius 2 is 2.00 bits per heavy atom. The zero-order valence-electron chi connectivity index (χ0n) is 13.8. The summed E-state index contributed by atoms with van der Waals surface area (Å²) >= 11 is 0. The number of hydrogen-bond donors (Lipinski definition) is 2. The van der Waals surface area contributed by atoms with E-state index in [0.717, 1.165) is 67.3 Å². The summed E-state index contributed by atoms with van der Waals surface area (Å²) in [6.07, 6.45) is 4.13. The Morgan fingerprint density at radius 1 is 1.22 bits per heavy atom. The third-order valence-corrected chi connectivity index (χ3v) is 5.04. The Kier molecular flexibility index (Phi) is 5.13. The van der Waals surface area contributed by atoms with Crippen LogP contribution in [0.25, 0.3) is 10.8 Å². The van der Waals surface area contributed by atoms with Crippen molar-refractivity contribution in [2.75, 3.05) is 26.2 Å². The normalized spacial score (nSPS) is 17.0. The van der Waals surface area contributed by atoms with Gasteiger partial charge in [0.25, 0.3) is 5.56 Å². The molecule has 2 heterocycles. The fourth-order valence-corrected chi connectivity index (χ4v) is 3.59. The lowest BCUT2D eigenvalue weighted by atomic mass is 9.91. The molecule has 0 atom stereocenters. The summed E-state index contributed by atoms with van der Waals surface area (Å²) in [6.45, 7) is 5.57. The number of aliphatic hydroxyl groups is 1. The average molecular weight is 314 g/mol. The van der Waals surface area contributed by atoms with E-state index in [9.17, 15) is 4.79 Å². The van der Waals surface area contributed by atoms with Gasteiger partial charge in [-0.05, 0) is 75.3 Å². The number of benzene rings is 1. The van der Waals surface area contributed by atoms with E-state index in [1.54, 1.807) is 0 Å². The van der Waals surface area contributed by atoms with Crippen LogP contribution in [0.4, 0.5) is 0 Å². The minimum atomic E-state index is 0.0339. The number of aryl methyl sites for hydroxylation is 1. The highest BCUT2D eigenvalue weighted by molar-refractivity contribution is 5.85. The van der Waals surface area contributed by atoms with Crippen molar-refractivity contribution in [1.29, 1.82) is 0 Å². The molecule has 0 saturated carbocycles. The number of fused-ring (bicyclic) bond motifs is 1. The highest BCUT2D eigenvalue weighted by Crippen LogP contribution is 2.28. The van der Waals surface area contributed by atoms with Crippen LogP contribution in [0.2, 0.25) is 0 Å². The molecule has 2 N–H and O–H groups in total. The second-order valence-electron chi connectivity index (χ2n) is 6.64. The molecule has 1 aromatic heterocycles. The van der Waals surface area contributed by atoms with Gasteiger partial charge in [-0.25, -0.2) is 0 Å². The van der Waals surface area contributed by atoms with E-state index in [4.69, 9.17) is 5.11 Å². The first kappa shape index (κ1) is 16.2. The number of piperidine rings is 1. The highest BCUT2D eigenvalue weighted by Gasteiger charge is 2.21. The van der Waals surface area contributed by atoms with Gasteiger partial charge in [-0.2, -0.15) is 0 Å². The molecular formula is C19H26N2O2. The average Bonchev–Trinajstić information content (AvgIpc) is 2.57. The number of pyridine rings is 1. The number of hydrogen-bond acceptors (Lipinski definition) is 3. The Hall–Kier alpha value is -1.65. The predicted molar refractivity (Wildman–Crippen MR) is 94.0 cm³/mol. The number of unbranched alkanes of at least 4 members (excludes halogenated alkanes) is 1. The molecule has 1 saturated heterocycles. The SMILES string of the molecule is Cc1cccc2c(=O)[nH]c(C3CCN(CCCCO)CC3)cc12. The summed E-state index contributed by atoms with van der Waals surface area (Å²) < 4.78 is 0. The molecule has 124 valence electrons. The summed E-state index contributed by atoms with van der Waals surface area (Å²) in [6, 6.07) is 8.08. The van der Waals surface area contributed by atoms with Crippen molar-refractivity contribution >= 4 is 10.8 Å². The summed E-state index contributed by atoms with van der Waals surface area (Å²) in [5.41, 5.74) is 2.29. The molecule has 4 nitrogen and oxygen atoms in total. The van der Waals surface area contributed by atoms with Gasteiger partial charge >= 0.3 is 0 Å². The maximum absolute atomic E-state index is 12.3. The van der Waals surface area contributed by atoms with Gasteiger partial charge in [0, 0.05) is 23.6 Å². The number of likely N-dealkylation sites (tertiary alicyclic amines) is 1. The Bertz CT molecular complexity index is 715. The number of aliphatic hydroxyl groups excluding tert-OH is 1. The van der Waals surface area contributed by atoms with Crippen molar-refractivity contribution in [3.8, 4) is 0 Å². The van der Waals surface area contributed by atoms with Crippen molar-refractivity contribution in [2.24, 2.45) is 0 Å². The van der Waals surface area contributed by atoms with E-state index < -0.39 is 0 Å². The fraction of sp³-hybridized carbons (Fsp3) is 0.526. The first-order valence-electron chi connectivity index (χ1n) is 8.65. The molecule has 0 aliphatic carbocycles. The summed E-state index contributed by atoms with van der Waals surface area (Å²) in [5.74, 6) is 0.445. The Morgan fingerprint density at radius 3 is 2.74 bits per heavy atom. The molecule has 0 radical (unpaired) electrons. The van der Waals surface area contributed by atoms with Gasteiger partial charge in [-0.3, -0.25) is 4.79 Å². The van der Waals surface area contributed by atoms with E-state index in [-0.39, 0.29) is 12.2 Å². The van der Waals surface area contributed by atoms with Crippen LogP contribution in [-0.2, 0) is 0 Å². The van der Waals surface area contributed by atoms with Gasteiger partial charge in [0.1, 0.15) is 0 Å². The van der Waals surface area contributed by atoms with Crippen LogP contribution in [0.1, 0.15) is 42.9 Å². The molecule has 0 amide bonds. The minimum absolute atomic E-state index is 0.0339. The number of rotatable bonds is 5. The molecular weight excluding hydrogens is 288 g/mol. The first-order valence-corrected chi connectivity index (χ1v) is 8.65. The molecule has 1 aliphatic heterocycles. The van der Waals surface area contributed by atoms with E-state index in [2.05, 4.69) is 28.9 Å². The van der Waals surface area contributed by atoms with Gasteiger partial charge in [0.05, 0.1) is 0 Å². The number of aromatic nitrogens is 1. The van der Waals surface area contributed by atoms with E-state index in [0.29, 0.717) is 5.92 Å². The smallest absolute Gasteiger partial charge is 0.256 e. The van der Waals surface area contributed by atoms with Crippen molar-refractivity contribution < 1.29 is 5.11 Å². The topological polar surface area (TPSA) is 56.3 Å². The van der Waals surface area contributed by atoms with Gasteiger partial charge < -0.3 is 15.0 Å². The minimum Gasteiger partial charge on any atom is -0.396 e. The standard InChI is InChI=1S/C19H26N2O2/c1-14-5-4-6-16-17(14)13-18(20-19(16)23)15-7-10-21(11-8-15)9-2-3-12-22/h4-6,13,15,22H,2-3,7-12H2,1H3,(H,20,23). The number of aromatic amines is 1. The van der Waals surface area contributed by atoms with Gasteiger partial charge in [0.15, 0.2) is 0 Å². The van der Waals surface area contributed by atoms with Crippen LogP contribution >= 0.6 is 0 Å². The molecule has 0 unspecified atom stereocenters. The second kappa shape index (κ2) is 7.28. The van der Waals surface area contributed by atoms with E-state index in [1.165, 1.54) is 0 Å². The summed E-state index contributed by atoms with van der Waals surface area (Å²) in [7, 11) is 0. The van der Waals surface area contributed by atoms with Crippen LogP contribution in [0.5, 0.6) is 0 Å². The zero-order chi connectivity index (χ0) is 16.2. The lowest BCUT2D eigenvalue weighted by Gasteiger charge is -2.32. The molecule has 2 aromatic rings. The molecule has 1 aromatic carbocycles. The first-order chi connectivity index (χ1) is 11.2. The van der Waals surface area contributed by atoms with Gasteiger partial charge in [-0.15, -0.1) is 0 Å². The zero-order valence-corrected chi connectivity index (χ0v) is 13.8. The molecule has 1 fully saturated rings. The van der Waals surface area contributed by atoms with Gasteiger partial charge in [-0.1, -0.05) is 12.1 Å². The lowest BCUT2D eigenvalue weighted by Crippen LogP contribution is -2.34. The van der Waals surface area contributed by atoms with E-state index in [1.807, 2.05) is 12.1 Å². The van der Waals surface area contributed by atoms with E-state index >= 15 is 0 Å². The fourth-order valence-electron chi connectivity index (χ4n) is 3.59. The largest absolute Gasteiger partial charge is 0.396 e. The quantitative estimate of drug-likeness (QED) is 0.834. The maximum atomic E-state index is 12.3. The molecule has 4 heteroatoms. The third-order valence-electron chi connectivity index (χ3n) is 5.04. The van der Waals surface area contributed by atoms with Crippen molar-refractivity contribution in [1.82, 2.24) is 9.88 Å². The molecule has 0 spiro atoms. The van der Waals surface area contributed by atoms with Crippen molar-refractivity contribution in [3.63, 3.8) is 0 Å². The Balaban J connectivity index is 1.72.